The van der Waals surface area contributed by atoms with Crippen LogP contribution >= 0.6 is 0 Å². The van der Waals surface area contributed by atoms with Crippen LogP contribution in [0, 0.1) is 5.92 Å². The van der Waals surface area contributed by atoms with Crippen LogP contribution in [0.4, 0.5) is 0 Å². The lowest BCUT2D eigenvalue weighted by Crippen LogP contribution is -2.66. The molecule has 0 unspecified atom stereocenters. The number of hydrogen-bond acceptors (Lipinski definition) is 4. The summed E-state index contributed by atoms with van der Waals surface area (Å²) in [6.07, 6.45) is 6.61. The van der Waals surface area contributed by atoms with Gasteiger partial charge in [0, 0.05) is 37.5 Å². The van der Waals surface area contributed by atoms with Crippen molar-refractivity contribution in [3.63, 3.8) is 0 Å². The maximum Gasteiger partial charge on any atom is 0.251 e. The fraction of sp³-hybridized carbons (Fsp3) is 0.611. The lowest BCUT2D eigenvalue weighted by atomic mass is 9.78. The molecule has 3 rings (SSSR count). The summed E-state index contributed by atoms with van der Waals surface area (Å²) in [5, 5.41) is 2.96. The number of hydrogen-bond donors (Lipinski definition) is 1. The number of rotatable bonds is 6. The summed E-state index contributed by atoms with van der Waals surface area (Å²) in [5.74, 6) is 0.558. The van der Waals surface area contributed by atoms with E-state index in [2.05, 4.69) is 10.3 Å². The molecule has 2 aliphatic heterocycles. The van der Waals surface area contributed by atoms with Gasteiger partial charge < -0.3 is 15.0 Å². The van der Waals surface area contributed by atoms with E-state index in [0.29, 0.717) is 37.5 Å². The molecule has 0 bridgehead atoms. The molecular formula is C18H25N3O3. The first kappa shape index (κ1) is 16.9. The van der Waals surface area contributed by atoms with E-state index in [1.807, 2.05) is 11.8 Å². The van der Waals surface area contributed by atoms with E-state index in [9.17, 15) is 9.59 Å². The first-order valence-electron chi connectivity index (χ1n) is 8.74. The Hall–Kier alpha value is -1.95. The van der Waals surface area contributed by atoms with E-state index < -0.39 is 0 Å². The highest BCUT2D eigenvalue weighted by Crippen LogP contribution is 2.41. The summed E-state index contributed by atoms with van der Waals surface area (Å²) in [4.78, 5) is 29.8. The van der Waals surface area contributed by atoms with Gasteiger partial charge in [-0.1, -0.05) is 6.92 Å². The standard InChI is InChI=1S/C18H25N3O3/c1-2-3-16(22)21-12-18(13-21)15(7-11-24-18)6-10-20-17(23)14-4-8-19-9-5-14/h4-5,8-9,15H,2-3,6-7,10-13H2,1H3,(H,20,23)/t15-/m1/s1. The topological polar surface area (TPSA) is 71.5 Å². The number of nitrogens with zero attached hydrogens (tertiary/aromatic N) is 2. The normalized spacial score (nSPS) is 21.5. The lowest BCUT2D eigenvalue weighted by molar-refractivity contribution is -0.165. The fourth-order valence-corrected chi connectivity index (χ4v) is 3.66. The molecule has 6 nitrogen and oxygen atoms in total. The minimum Gasteiger partial charge on any atom is -0.371 e. The van der Waals surface area contributed by atoms with Crippen LogP contribution in [0.15, 0.2) is 24.5 Å². The molecule has 1 aromatic rings. The summed E-state index contributed by atoms with van der Waals surface area (Å²) in [5.41, 5.74) is 0.451. The number of carbonyl (C=O) groups is 2. The molecule has 1 spiro atoms. The smallest absolute Gasteiger partial charge is 0.251 e. The molecule has 3 heterocycles. The summed E-state index contributed by atoms with van der Waals surface area (Å²) in [7, 11) is 0. The predicted molar refractivity (Wildman–Crippen MR) is 89.5 cm³/mol. The predicted octanol–water partition coefficient (Wildman–Crippen LogP) is 1.62. The van der Waals surface area contributed by atoms with Gasteiger partial charge in [-0.3, -0.25) is 14.6 Å². The average Bonchev–Trinajstić information content (AvgIpc) is 2.98. The van der Waals surface area contributed by atoms with Crippen LogP contribution in [-0.4, -0.2) is 53.5 Å². The van der Waals surface area contributed by atoms with Crippen LogP contribution in [0.2, 0.25) is 0 Å². The van der Waals surface area contributed by atoms with Gasteiger partial charge in [0.25, 0.3) is 5.91 Å². The molecule has 24 heavy (non-hydrogen) atoms. The molecule has 6 heteroatoms. The molecule has 0 radical (unpaired) electrons. The van der Waals surface area contributed by atoms with E-state index in [4.69, 9.17) is 4.74 Å². The number of ether oxygens (including phenoxy) is 1. The summed E-state index contributed by atoms with van der Waals surface area (Å²) in [6, 6.07) is 3.41. The second-order valence-corrected chi connectivity index (χ2v) is 6.68. The SMILES string of the molecule is CCCC(=O)N1CC2(C1)OCC[C@H]2CCNC(=O)c1ccncc1. The number of likely N-dealkylation sites (tertiary alicyclic amines) is 1. The zero-order valence-electron chi connectivity index (χ0n) is 14.2. The quantitative estimate of drug-likeness (QED) is 0.860. The summed E-state index contributed by atoms with van der Waals surface area (Å²) >= 11 is 0. The Bertz CT molecular complexity index is 584. The molecule has 2 amide bonds. The Kier molecular flexibility index (Phi) is 5.14. The van der Waals surface area contributed by atoms with E-state index in [-0.39, 0.29) is 17.4 Å². The van der Waals surface area contributed by atoms with Crippen LogP contribution in [0.3, 0.4) is 0 Å². The molecule has 2 fully saturated rings. The van der Waals surface area contributed by atoms with E-state index >= 15 is 0 Å². The molecule has 0 saturated carbocycles. The van der Waals surface area contributed by atoms with Crippen molar-refractivity contribution in [3.8, 4) is 0 Å². The van der Waals surface area contributed by atoms with E-state index in [0.717, 1.165) is 25.9 Å². The third kappa shape index (κ3) is 3.43. The number of pyridine rings is 1. The van der Waals surface area contributed by atoms with Crippen molar-refractivity contribution in [3.05, 3.63) is 30.1 Å². The van der Waals surface area contributed by atoms with Crippen LogP contribution in [0.1, 0.15) is 43.0 Å². The zero-order chi connectivity index (χ0) is 17.0. The lowest BCUT2D eigenvalue weighted by Gasteiger charge is -2.50. The van der Waals surface area contributed by atoms with Gasteiger partial charge in [-0.2, -0.15) is 0 Å². The molecule has 2 aliphatic rings. The molecular weight excluding hydrogens is 306 g/mol. The maximum absolute atomic E-state index is 12.1. The van der Waals surface area contributed by atoms with Gasteiger partial charge in [0.1, 0.15) is 5.60 Å². The first-order valence-corrected chi connectivity index (χ1v) is 8.74. The third-order valence-corrected chi connectivity index (χ3v) is 5.05. The highest BCUT2D eigenvalue weighted by Gasteiger charge is 2.53. The van der Waals surface area contributed by atoms with Gasteiger partial charge in [0.05, 0.1) is 13.1 Å². The minimum atomic E-state index is -0.176. The average molecular weight is 331 g/mol. The van der Waals surface area contributed by atoms with Crippen molar-refractivity contribution >= 4 is 11.8 Å². The molecule has 130 valence electrons. The number of aromatic nitrogens is 1. The zero-order valence-corrected chi connectivity index (χ0v) is 14.2. The Morgan fingerprint density at radius 3 is 2.83 bits per heavy atom. The molecule has 1 aromatic heterocycles. The van der Waals surface area contributed by atoms with E-state index in [1.165, 1.54) is 0 Å². The van der Waals surface area contributed by atoms with Crippen molar-refractivity contribution in [2.75, 3.05) is 26.2 Å². The largest absolute Gasteiger partial charge is 0.371 e. The number of amides is 2. The highest BCUT2D eigenvalue weighted by molar-refractivity contribution is 5.93. The van der Waals surface area contributed by atoms with Crippen molar-refractivity contribution in [2.45, 2.75) is 38.2 Å². The van der Waals surface area contributed by atoms with Crippen LogP contribution in [0.25, 0.3) is 0 Å². The van der Waals surface area contributed by atoms with Crippen LogP contribution < -0.4 is 5.32 Å². The van der Waals surface area contributed by atoms with Gasteiger partial charge in [0.2, 0.25) is 5.91 Å². The van der Waals surface area contributed by atoms with Gasteiger partial charge in [-0.05, 0) is 37.3 Å². The molecule has 0 aromatic carbocycles. The maximum atomic E-state index is 12.1. The van der Waals surface area contributed by atoms with Crippen molar-refractivity contribution in [1.82, 2.24) is 15.2 Å². The molecule has 1 atom stereocenters. The van der Waals surface area contributed by atoms with Gasteiger partial charge >= 0.3 is 0 Å². The van der Waals surface area contributed by atoms with E-state index in [1.54, 1.807) is 24.5 Å². The fourth-order valence-electron chi connectivity index (χ4n) is 3.66. The van der Waals surface area contributed by atoms with Crippen molar-refractivity contribution < 1.29 is 14.3 Å². The Morgan fingerprint density at radius 2 is 2.12 bits per heavy atom. The van der Waals surface area contributed by atoms with Gasteiger partial charge in [-0.15, -0.1) is 0 Å². The second kappa shape index (κ2) is 7.30. The summed E-state index contributed by atoms with van der Waals surface area (Å²) in [6.45, 7) is 4.80. The second-order valence-electron chi connectivity index (χ2n) is 6.68. The monoisotopic (exact) mass is 331 g/mol. The Balaban J connectivity index is 1.46. The van der Waals surface area contributed by atoms with Gasteiger partial charge in [0.15, 0.2) is 0 Å². The number of carbonyl (C=O) groups excluding carboxylic acids is 2. The van der Waals surface area contributed by atoms with Gasteiger partial charge in [-0.25, -0.2) is 0 Å². The van der Waals surface area contributed by atoms with Crippen molar-refractivity contribution in [1.29, 1.82) is 0 Å². The molecule has 1 N–H and O–H groups in total. The third-order valence-electron chi connectivity index (χ3n) is 5.05. The highest BCUT2D eigenvalue weighted by atomic mass is 16.5. The molecule has 2 saturated heterocycles. The molecule has 0 aliphatic carbocycles. The van der Waals surface area contributed by atoms with Crippen molar-refractivity contribution in [2.24, 2.45) is 5.92 Å². The summed E-state index contributed by atoms with van der Waals surface area (Å²) < 4.78 is 5.97. The van der Waals surface area contributed by atoms with Crippen LogP contribution in [-0.2, 0) is 9.53 Å². The first-order chi connectivity index (χ1) is 11.6. The number of nitrogens with one attached hydrogen (secondary N) is 1. The minimum absolute atomic E-state index is 0.0706. The Labute approximate surface area is 142 Å². The van der Waals surface area contributed by atoms with Crippen LogP contribution in [0.5, 0.6) is 0 Å². The Morgan fingerprint density at radius 1 is 1.38 bits per heavy atom.